The van der Waals surface area contributed by atoms with E-state index in [9.17, 15) is 8.42 Å². The molecule has 5 nitrogen and oxygen atoms in total. The van der Waals surface area contributed by atoms with E-state index in [4.69, 9.17) is 5.73 Å². The van der Waals surface area contributed by atoms with Crippen LogP contribution in [0.15, 0.2) is 16.6 Å². The second-order valence-electron chi connectivity index (χ2n) is 3.69. The predicted molar refractivity (Wildman–Crippen MR) is 74.1 cm³/mol. The van der Waals surface area contributed by atoms with Gasteiger partial charge < -0.3 is 5.73 Å². The van der Waals surface area contributed by atoms with Gasteiger partial charge in [0.05, 0.1) is 11.4 Å². The van der Waals surface area contributed by atoms with E-state index in [-0.39, 0.29) is 0 Å². The Kier molecular flexibility index (Phi) is 4.79. The van der Waals surface area contributed by atoms with Gasteiger partial charge in [0.25, 0.3) is 10.2 Å². The molecule has 0 aliphatic carbocycles. The average molecular weight is 322 g/mol. The standard InChI is InChI=1S/C10H16BrN3O2S/c1-3-4-13-17(15,16)14-10-7(2)5-8(11)6-9(10)12/h5-6,13-14H,3-4,12H2,1-2H3. The number of hydrogen-bond acceptors (Lipinski definition) is 3. The van der Waals surface area contributed by atoms with Crippen molar-refractivity contribution in [2.24, 2.45) is 0 Å². The predicted octanol–water partition coefficient (Wildman–Crippen LogP) is 2.00. The normalized spacial score (nSPS) is 11.5. The highest BCUT2D eigenvalue weighted by molar-refractivity contribution is 9.10. The first-order valence-electron chi connectivity index (χ1n) is 5.18. The third kappa shape index (κ3) is 4.18. The first-order valence-corrected chi connectivity index (χ1v) is 7.46. The van der Waals surface area contributed by atoms with Gasteiger partial charge in [-0.3, -0.25) is 4.72 Å². The number of rotatable bonds is 5. The van der Waals surface area contributed by atoms with Gasteiger partial charge in [0.1, 0.15) is 0 Å². The van der Waals surface area contributed by atoms with Gasteiger partial charge in [-0.1, -0.05) is 22.9 Å². The van der Waals surface area contributed by atoms with Crippen LogP contribution in [0.2, 0.25) is 0 Å². The Morgan fingerprint density at radius 3 is 2.59 bits per heavy atom. The van der Waals surface area contributed by atoms with Gasteiger partial charge in [0.15, 0.2) is 0 Å². The lowest BCUT2D eigenvalue weighted by molar-refractivity contribution is 0.586. The van der Waals surface area contributed by atoms with Crippen LogP contribution in [0, 0.1) is 6.92 Å². The largest absolute Gasteiger partial charge is 0.397 e. The van der Waals surface area contributed by atoms with Crippen molar-refractivity contribution in [2.75, 3.05) is 17.0 Å². The molecule has 0 radical (unpaired) electrons. The summed E-state index contributed by atoms with van der Waals surface area (Å²) in [5, 5.41) is 0. The Labute approximate surface area is 110 Å². The number of nitrogen functional groups attached to an aromatic ring is 1. The topological polar surface area (TPSA) is 84.2 Å². The van der Waals surface area contributed by atoms with Crippen molar-refractivity contribution < 1.29 is 8.42 Å². The van der Waals surface area contributed by atoms with Gasteiger partial charge in [-0.05, 0) is 31.0 Å². The fraction of sp³-hybridized carbons (Fsp3) is 0.400. The number of anilines is 2. The van der Waals surface area contributed by atoms with Crippen LogP contribution in [0.1, 0.15) is 18.9 Å². The highest BCUT2D eigenvalue weighted by atomic mass is 79.9. The molecule has 0 bridgehead atoms. The van der Waals surface area contributed by atoms with Crippen LogP contribution in [-0.2, 0) is 10.2 Å². The molecule has 0 saturated heterocycles. The molecule has 7 heteroatoms. The maximum Gasteiger partial charge on any atom is 0.299 e. The number of aryl methyl sites for hydroxylation is 1. The zero-order valence-electron chi connectivity index (χ0n) is 9.75. The Bertz CT molecular complexity index is 479. The van der Waals surface area contributed by atoms with Crippen molar-refractivity contribution in [3.8, 4) is 0 Å². The summed E-state index contributed by atoms with van der Waals surface area (Å²) in [4.78, 5) is 0. The van der Waals surface area contributed by atoms with Gasteiger partial charge in [-0.25, -0.2) is 0 Å². The Hall–Kier alpha value is -0.790. The zero-order chi connectivity index (χ0) is 13.1. The minimum Gasteiger partial charge on any atom is -0.397 e. The smallest absolute Gasteiger partial charge is 0.299 e. The molecule has 0 atom stereocenters. The highest BCUT2D eigenvalue weighted by Gasteiger charge is 2.13. The quantitative estimate of drug-likeness (QED) is 0.725. The van der Waals surface area contributed by atoms with Crippen molar-refractivity contribution in [3.63, 3.8) is 0 Å². The van der Waals surface area contributed by atoms with Crippen molar-refractivity contribution in [1.82, 2.24) is 4.72 Å². The highest BCUT2D eigenvalue weighted by Crippen LogP contribution is 2.28. The lowest BCUT2D eigenvalue weighted by Gasteiger charge is -2.13. The van der Waals surface area contributed by atoms with Crippen LogP contribution in [0.25, 0.3) is 0 Å². The van der Waals surface area contributed by atoms with E-state index in [0.29, 0.717) is 17.9 Å². The van der Waals surface area contributed by atoms with Crippen LogP contribution in [0.3, 0.4) is 0 Å². The molecule has 96 valence electrons. The van der Waals surface area contributed by atoms with Crippen LogP contribution >= 0.6 is 15.9 Å². The maximum atomic E-state index is 11.7. The molecule has 0 aliphatic heterocycles. The molecule has 1 aromatic carbocycles. The van der Waals surface area contributed by atoms with E-state index in [1.54, 1.807) is 19.1 Å². The first kappa shape index (κ1) is 14.3. The molecule has 0 fully saturated rings. The lowest BCUT2D eigenvalue weighted by atomic mass is 10.2. The molecule has 0 saturated carbocycles. The van der Waals surface area contributed by atoms with Gasteiger partial charge in [0.2, 0.25) is 0 Å². The minimum atomic E-state index is -3.55. The second-order valence-corrected chi connectivity index (χ2v) is 6.10. The second kappa shape index (κ2) is 5.70. The van der Waals surface area contributed by atoms with Crippen LogP contribution < -0.4 is 15.2 Å². The molecule has 4 N–H and O–H groups in total. The van der Waals surface area contributed by atoms with Gasteiger partial charge in [-0.2, -0.15) is 13.1 Å². The summed E-state index contributed by atoms with van der Waals surface area (Å²) in [7, 11) is -3.55. The van der Waals surface area contributed by atoms with Crippen LogP contribution in [0.4, 0.5) is 11.4 Å². The SMILES string of the molecule is CCCNS(=O)(=O)Nc1c(C)cc(Br)cc1N. The third-order valence-electron chi connectivity index (χ3n) is 2.11. The molecule has 0 unspecified atom stereocenters. The third-order valence-corrected chi connectivity index (χ3v) is 3.62. The fourth-order valence-corrected chi connectivity index (χ4v) is 3.00. The lowest BCUT2D eigenvalue weighted by Crippen LogP contribution is -2.31. The molecule has 0 amide bonds. The van der Waals surface area contributed by atoms with Crippen LogP contribution in [0.5, 0.6) is 0 Å². The van der Waals surface area contributed by atoms with Crippen LogP contribution in [-0.4, -0.2) is 15.0 Å². The summed E-state index contributed by atoms with van der Waals surface area (Å²) < 4.78 is 29.0. The van der Waals surface area contributed by atoms with Crippen molar-refractivity contribution in [3.05, 3.63) is 22.2 Å². The number of benzene rings is 1. The fourth-order valence-electron chi connectivity index (χ4n) is 1.32. The van der Waals surface area contributed by atoms with E-state index in [0.717, 1.165) is 16.5 Å². The van der Waals surface area contributed by atoms with E-state index in [2.05, 4.69) is 25.4 Å². The molecule has 0 heterocycles. The molecule has 1 rings (SSSR count). The molecular formula is C10H16BrN3O2S. The van der Waals surface area contributed by atoms with Gasteiger partial charge >= 0.3 is 0 Å². The van der Waals surface area contributed by atoms with Crippen molar-refractivity contribution >= 4 is 37.5 Å². The Morgan fingerprint density at radius 2 is 2.06 bits per heavy atom. The molecule has 1 aromatic rings. The summed E-state index contributed by atoms with van der Waals surface area (Å²) in [5.41, 5.74) is 7.34. The number of nitrogens with two attached hydrogens (primary N) is 1. The Morgan fingerprint density at radius 1 is 1.41 bits per heavy atom. The van der Waals surface area contributed by atoms with Gasteiger partial charge in [0, 0.05) is 11.0 Å². The number of halogens is 1. The average Bonchev–Trinajstić information content (AvgIpc) is 2.21. The maximum absolute atomic E-state index is 11.7. The summed E-state index contributed by atoms with van der Waals surface area (Å²) >= 11 is 3.30. The Balaban J connectivity index is 2.96. The summed E-state index contributed by atoms with van der Waals surface area (Å²) in [5.74, 6) is 0. The van der Waals surface area contributed by atoms with E-state index in [1.165, 1.54) is 0 Å². The summed E-state index contributed by atoms with van der Waals surface area (Å²) in [6, 6.07) is 3.46. The first-order chi connectivity index (χ1) is 7.85. The molecular weight excluding hydrogens is 306 g/mol. The molecule has 0 aliphatic rings. The minimum absolute atomic E-state index is 0.388. The zero-order valence-corrected chi connectivity index (χ0v) is 12.2. The molecule has 0 aromatic heterocycles. The van der Waals surface area contributed by atoms with Crippen molar-refractivity contribution in [2.45, 2.75) is 20.3 Å². The number of hydrogen-bond donors (Lipinski definition) is 3. The monoisotopic (exact) mass is 321 g/mol. The van der Waals surface area contributed by atoms with E-state index < -0.39 is 10.2 Å². The summed E-state index contributed by atoms with van der Waals surface area (Å²) in [6.45, 7) is 4.07. The van der Waals surface area contributed by atoms with Gasteiger partial charge in [-0.15, -0.1) is 0 Å². The number of nitrogens with one attached hydrogen (secondary N) is 2. The molecule has 0 spiro atoms. The molecule has 17 heavy (non-hydrogen) atoms. The van der Waals surface area contributed by atoms with E-state index >= 15 is 0 Å². The van der Waals surface area contributed by atoms with E-state index in [1.807, 2.05) is 6.92 Å². The summed E-state index contributed by atoms with van der Waals surface area (Å²) in [6.07, 6.45) is 0.732. The van der Waals surface area contributed by atoms with Crippen molar-refractivity contribution in [1.29, 1.82) is 0 Å².